The second-order valence-electron chi connectivity index (χ2n) is 9.39. The predicted molar refractivity (Wildman–Crippen MR) is 130 cm³/mol. The lowest BCUT2D eigenvalue weighted by Crippen LogP contribution is -2.28. The van der Waals surface area contributed by atoms with Crippen LogP contribution in [0.2, 0.25) is 0 Å². The standard InChI is InChI=1S/C23H29N7O4S/c1-14(16-11-28(5)13-25-16)26-22(31)17-8-15(27-29(17)6)18-10-24-21-9-19(34-7)20(12-30(18)21)35(32,33)23(2,3)4/h8-14H,1-7H3,(H,26,31)/t14-/m1/s1. The summed E-state index contributed by atoms with van der Waals surface area (Å²) >= 11 is 0. The lowest BCUT2D eigenvalue weighted by Gasteiger charge is -2.21. The third kappa shape index (κ3) is 4.29. The maximum atomic E-state index is 13.2. The largest absolute Gasteiger partial charge is 0.495 e. The van der Waals surface area contributed by atoms with Crippen LogP contribution < -0.4 is 10.1 Å². The summed E-state index contributed by atoms with van der Waals surface area (Å²) in [5.74, 6) is -0.0925. The summed E-state index contributed by atoms with van der Waals surface area (Å²) in [6, 6.07) is 2.93. The number of pyridine rings is 1. The fourth-order valence-electron chi connectivity index (χ4n) is 3.67. The van der Waals surface area contributed by atoms with Gasteiger partial charge >= 0.3 is 0 Å². The molecule has 0 radical (unpaired) electrons. The van der Waals surface area contributed by atoms with Gasteiger partial charge in [0.15, 0.2) is 9.84 Å². The Morgan fingerprint density at radius 3 is 2.46 bits per heavy atom. The van der Waals surface area contributed by atoms with Crippen molar-refractivity contribution in [3.05, 3.63) is 48.4 Å². The van der Waals surface area contributed by atoms with E-state index in [1.165, 1.54) is 18.0 Å². The normalized spacial score (nSPS) is 13.2. The molecular formula is C23H29N7O4S. The number of aryl methyl sites for hydroxylation is 2. The molecule has 0 saturated heterocycles. The van der Waals surface area contributed by atoms with Gasteiger partial charge in [-0.15, -0.1) is 0 Å². The number of carbonyl (C=O) groups excluding carboxylic acids is 1. The minimum atomic E-state index is -3.71. The number of nitrogens with one attached hydrogen (secondary N) is 1. The fourth-order valence-corrected chi connectivity index (χ4v) is 4.98. The van der Waals surface area contributed by atoms with Gasteiger partial charge in [-0.25, -0.2) is 18.4 Å². The summed E-state index contributed by atoms with van der Waals surface area (Å²) in [6.07, 6.45) is 6.60. The van der Waals surface area contributed by atoms with Crippen LogP contribution in [-0.2, 0) is 23.9 Å². The van der Waals surface area contributed by atoms with E-state index in [0.717, 1.165) is 5.69 Å². The van der Waals surface area contributed by atoms with Crippen molar-refractivity contribution >= 4 is 21.4 Å². The van der Waals surface area contributed by atoms with Crippen LogP contribution in [0, 0.1) is 0 Å². The highest BCUT2D eigenvalue weighted by Gasteiger charge is 2.34. The third-order valence-corrected chi connectivity index (χ3v) is 8.28. The molecule has 4 aromatic heterocycles. The van der Waals surface area contributed by atoms with E-state index in [-0.39, 0.29) is 22.6 Å². The third-order valence-electron chi connectivity index (χ3n) is 5.78. The van der Waals surface area contributed by atoms with Crippen molar-refractivity contribution in [3.8, 4) is 17.1 Å². The number of ether oxygens (including phenoxy) is 1. The molecule has 186 valence electrons. The molecule has 35 heavy (non-hydrogen) atoms. The summed E-state index contributed by atoms with van der Waals surface area (Å²) in [5, 5.41) is 7.42. The molecule has 0 fully saturated rings. The number of nitrogens with zero attached hydrogens (tertiary/aromatic N) is 6. The molecule has 0 unspecified atom stereocenters. The second kappa shape index (κ2) is 8.52. The van der Waals surface area contributed by atoms with Crippen molar-refractivity contribution in [1.82, 2.24) is 34.0 Å². The Balaban J connectivity index is 1.73. The van der Waals surface area contributed by atoms with Gasteiger partial charge in [0.2, 0.25) is 0 Å². The smallest absolute Gasteiger partial charge is 0.270 e. The van der Waals surface area contributed by atoms with Crippen LogP contribution in [-0.4, -0.2) is 54.9 Å². The van der Waals surface area contributed by atoms with Crippen molar-refractivity contribution in [2.24, 2.45) is 14.1 Å². The van der Waals surface area contributed by atoms with Gasteiger partial charge in [-0.05, 0) is 33.8 Å². The zero-order valence-electron chi connectivity index (χ0n) is 20.8. The van der Waals surface area contributed by atoms with E-state index in [1.54, 1.807) is 56.9 Å². The average molecular weight is 500 g/mol. The number of rotatable bonds is 6. The number of amides is 1. The van der Waals surface area contributed by atoms with Crippen molar-refractivity contribution < 1.29 is 17.9 Å². The predicted octanol–water partition coefficient (Wildman–Crippen LogP) is 2.54. The van der Waals surface area contributed by atoms with Crippen LogP contribution in [0.15, 0.2) is 41.9 Å². The van der Waals surface area contributed by atoms with Gasteiger partial charge < -0.3 is 14.6 Å². The average Bonchev–Trinajstić information content (AvgIpc) is 3.49. The van der Waals surface area contributed by atoms with Gasteiger partial charge in [0.25, 0.3) is 5.91 Å². The first-order valence-electron chi connectivity index (χ1n) is 11.0. The molecule has 1 N–H and O–H groups in total. The summed E-state index contributed by atoms with van der Waals surface area (Å²) in [7, 11) is 1.25. The van der Waals surface area contributed by atoms with E-state index in [1.807, 2.05) is 24.7 Å². The summed E-state index contributed by atoms with van der Waals surface area (Å²) in [4.78, 5) is 21.7. The molecule has 4 aromatic rings. The number of aromatic nitrogens is 6. The molecule has 1 amide bonds. The van der Waals surface area contributed by atoms with Crippen LogP contribution in [0.5, 0.6) is 5.75 Å². The molecule has 0 aliphatic heterocycles. The molecule has 0 bridgehead atoms. The highest BCUT2D eigenvalue weighted by atomic mass is 32.2. The molecule has 1 atom stereocenters. The van der Waals surface area contributed by atoms with Crippen LogP contribution in [0.3, 0.4) is 0 Å². The first-order valence-corrected chi connectivity index (χ1v) is 12.4. The summed E-state index contributed by atoms with van der Waals surface area (Å²) < 4.78 is 35.7. The minimum absolute atomic E-state index is 0.0531. The molecule has 0 aliphatic rings. The SMILES string of the molecule is COc1cc2ncc(-c3cc(C(=O)N[C@H](C)c4cn(C)cn4)n(C)n3)n2cc1S(=O)(=O)C(C)(C)C. The Hall–Kier alpha value is -3.67. The van der Waals surface area contributed by atoms with Gasteiger partial charge in [-0.3, -0.25) is 13.9 Å². The first-order chi connectivity index (χ1) is 16.3. The number of sulfone groups is 1. The summed E-state index contributed by atoms with van der Waals surface area (Å²) in [5.41, 5.74) is 2.59. The van der Waals surface area contributed by atoms with E-state index in [9.17, 15) is 13.2 Å². The topological polar surface area (TPSA) is 125 Å². The maximum absolute atomic E-state index is 13.2. The van der Waals surface area contributed by atoms with Crippen LogP contribution >= 0.6 is 0 Å². The number of carbonyl (C=O) groups is 1. The van der Waals surface area contributed by atoms with Gasteiger partial charge in [-0.2, -0.15) is 5.10 Å². The van der Waals surface area contributed by atoms with E-state index >= 15 is 0 Å². The molecule has 4 rings (SSSR count). The van der Waals surface area contributed by atoms with Crippen molar-refractivity contribution in [2.45, 2.75) is 43.4 Å². The molecule has 0 aromatic carbocycles. The van der Waals surface area contributed by atoms with Crippen molar-refractivity contribution in [2.75, 3.05) is 7.11 Å². The van der Waals surface area contributed by atoms with E-state index in [4.69, 9.17) is 4.74 Å². The lowest BCUT2D eigenvalue weighted by molar-refractivity contribution is 0.0929. The molecule has 0 saturated carbocycles. The monoisotopic (exact) mass is 499 g/mol. The number of fused-ring (bicyclic) bond motifs is 1. The molecule has 0 aliphatic carbocycles. The van der Waals surface area contributed by atoms with Gasteiger partial charge in [-0.1, -0.05) is 0 Å². The maximum Gasteiger partial charge on any atom is 0.270 e. The highest BCUT2D eigenvalue weighted by Crippen LogP contribution is 2.34. The number of methoxy groups -OCH3 is 1. The van der Waals surface area contributed by atoms with Gasteiger partial charge in [0.05, 0.1) is 41.8 Å². The molecule has 4 heterocycles. The second-order valence-corrected chi connectivity index (χ2v) is 12.1. The van der Waals surface area contributed by atoms with E-state index in [0.29, 0.717) is 22.7 Å². The highest BCUT2D eigenvalue weighted by molar-refractivity contribution is 7.92. The Kier molecular flexibility index (Phi) is 5.95. The fraction of sp³-hybridized carbons (Fsp3) is 0.391. The van der Waals surface area contributed by atoms with E-state index in [2.05, 4.69) is 20.4 Å². The Morgan fingerprint density at radius 2 is 1.86 bits per heavy atom. The molecule has 0 spiro atoms. The Morgan fingerprint density at radius 1 is 1.14 bits per heavy atom. The molecular weight excluding hydrogens is 470 g/mol. The van der Waals surface area contributed by atoms with Crippen LogP contribution in [0.25, 0.3) is 17.0 Å². The van der Waals surface area contributed by atoms with Crippen molar-refractivity contribution in [1.29, 1.82) is 0 Å². The number of imidazole rings is 2. The Bertz CT molecular complexity index is 1520. The number of hydrogen-bond acceptors (Lipinski definition) is 7. The van der Waals surface area contributed by atoms with Crippen molar-refractivity contribution in [3.63, 3.8) is 0 Å². The van der Waals surface area contributed by atoms with E-state index < -0.39 is 14.6 Å². The quantitative estimate of drug-likeness (QED) is 0.432. The van der Waals surface area contributed by atoms with Gasteiger partial charge in [0.1, 0.15) is 27.7 Å². The lowest BCUT2D eigenvalue weighted by atomic mass is 10.2. The Labute approximate surface area is 203 Å². The van der Waals surface area contributed by atoms with Crippen LogP contribution in [0.1, 0.15) is 49.9 Å². The summed E-state index contributed by atoms with van der Waals surface area (Å²) in [6.45, 7) is 6.76. The zero-order chi connectivity index (χ0) is 25.7. The zero-order valence-corrected chi connectivity index (χ0v) is 21.6. The minimum Gasteiger partial charge on any atom is -0.495 e. The first kappa shape index (κ1) is 24.5. The van der Waals surface area contributed by atoms with Crippen LogP contribution in [0.4, 0.5) is 0 Å². The van der Waals surface area contributed by atoms with Gasteiger partial charge in [0, 0.05) is 32.6 Å². The molecule has 12 heteroatoms. The number of hydrogen-bond donors (Lipinski definition) is 1. The molecule has 11 nitrogen and oxygen atoms in total.